The van der Waals surface area contributed by atoms with E-state index in [9.17, 15) is 17.6 Å². The maximum Gasteiger partial charge on any atom is 0.175 e. The molecule has 0 atom stereocenters. The molecule has 0 aliphatic heterocycles. The topological polar surface area (TPSA) is 177 Å². The largest absolute Gasteiger partial charge is 0.497 e. The molecule has 62 heavy (non-hydrogen) atoms. The summed E-state index contributed by atoms with van der Waals surface area (Å²) in [6, 6.07) is 19.1. The van der Waals surface area contributed by atoms with Crippen molar-refractivity contribution in [3.8, 4) is 23.0 Å². The van der Waals surface area contributed by atoms with Crippen molar-refractivity contribution >= 4 is 51.7 Å². The third kappa shape index (κ3) is 9.40. The molecule has 0 saturated carbocycles. The van der Waals surface area contributed by atoms with E-state index in [4.69, 9.17) is 30.1 Å². The maximum atomic E-state index is 14.2. The van der Waals surface area contributed by atoms with Gasteiger partial charge in [0.25, 0.3) is 0 Å². The number of nitrogens with zero attached hydrogens (tertiary/aromatic N) is 7. The van der Waals surface area contributed by atoms with Crippen LogP contribution < -0.4 is 30.2 Å². The summed E-state index contributed by atoms with van der Waals surface area (Å²) in [5.74, 6) is -0.600. The van der Waals surface area contributed by atoms with Gasteiger partial charge in [-0.1, -0.05) is 24.3 Å². The van der Waals surface area contributed by atoms with Gasteiger partial charge < -0.3 is 38.8 Å². The summed E-state index contributed by atoms with van der Waals surface area (Å²) in [4.78, 5) is 26.2. The van der Waals surface area contributed by atoms with Crippen LogP contribution in [0, 0.1) is 28.7 Å². The van der Waals surface area contributed by atoms with Crippen LogP contribution in [-0.2, 0) is 25.9 Å². The van der Waals surface area contributed by atoms with E-state index in [2.05, 4.69) is 29.9 Å². The zero-order valence-electron chi connectivity index (χ0n) is 33.6. The number of nitrogens with two attached hydrogens (primary N) is 1. The lowest BCUT2D eigenvalue weighted by atomic mass is 10.1. The summed E-state index contributed by atoms with van der Waals surface area (Å²) in [6.45, 7) is 0.629. The number of anilines is 1. The number of ether oxygens (including phenoxy) is 4. The molecule has 4 aromatic carbocycles. The zero-order chi connectivity index (χ0) is 43.9. The molecule has 4 aromatic heterocycles. The van der Waals surface area contributed by atoms with Crippen LogP contribution in [0.3, 0.4) is 0 Å². The quantitative estimate of drug-likeness (QED) is 0.0898. The second kappa shape index (κ2) is 19.3. The third-order valence-electron chi connectivity index (χ3n) is 9.46. The Kier molecular flexibility index (Phi) is 13.5. The Bertz CT molecular complexity index is 2950. The number of benzene rings is 4. The van der Waals surface area contributed by atoms with Crippen LogP contribution >= 0.6 is 23.5 Å². The fourth-order valence-corrected chi connectivity index (χ4v) is 8.24. The number of hydrogen-bond donors (Lipinski definition) is 3. The van der Waals surface area contributed by atoms with Crippen LogP contribution in [-0.4, -0.2) is 67.5 Å². The van der Waals surface area contributed by atoms with E-state index < -0.39 is 23.3 Å². The van der Waals surface area contributed by atoms with Gasteiger partial charge in [-0.15, -0.1) is 0 Å². The second-order valence-electron chi connectivity index (χ2n) is 13.2. The number of nitrogen functional groups attached to an aromatic ring is 1. The number of rotatable bonds is 14. The molecule has 4 heterocycles. The molecular formula is C42H38F4N10O4S2. The number of H-pyrrole nitrogens is 1. The lowest BCUT2D eigenvalue weighted by Crippen LogP contribution is -2.14. The Hall–Kier alpha value is -6.80. The summed E-state index contributed by atoms with van der Waals surface area (Å²) in [6.07, 6.45) is 3.31. The normalized spacial score (nSPS) is 11.1. The fourth-order valence-electron chi connectivity index (χ4n) is 6.27. The van der Waals surface area contributed by atoms with Crippen LogP contribution in [0.5, 0.6) is 23.0 Å². The van der Waals surface area contributed by atoms with Gasteiger partial charge in [0.2, 0.25) is 0 Å². The first-order valence-electron chi connectivity index (χ1n) is 18.6. The number of aryl methyl sites for hydroxylation is 4. The minimum Gasteiger partial charge on any atom is -0.497 e. The number of methoxy groups -OCH3 is 4. The summed E-state index contributed by atoms with van der Waals surface area (Å²) in [7, 11) is 6.32. The number of halogens is 4. The first-order chi connectivity index (χ1) is 30.0. The van der Waals surface area contributed by atoms with Crippen molar-refractivity contribution in [1.82, 2.24) is 39.0 Å². The van der Waals surface area contributed by atoms with Gasteiger partial charge in [-0.25, -0.2) is 42.5 Å². The van der Waals surface area contributed by atoms with E-state index in [1.807, 2.05) is 12.1 Å². The summed E-state index contributed by atoms with van der Waals surface area (Å²) in [5, 5.41) is 9.19. The smallest absolute Gasteiger partial charge is 0.175 e. The van der Waals surface area contributed by atoms with Crippen LogP contribution in [0.25, 0.3) is 22.3 Å². The molecule has 0 fully saturated rings. The monoisotopic (exact) mass is 886 g/mol. The van der Waals surface area contributed by atoms with Gasteiger partial charge in [0, 0.05) is 13.1 Å². The first-order valence-corrected chi connectivity index (χ1v) is 20.3. The lowest BCUT2D eigenvalue weighted by molar-refractivity contribution is 0.394. The zero-order valence-corrected chi connectivity index (χ0v) is 35.2. The number of aromatic nitrogens is 8. The van der Waals surface area contributed by atoms with Gasteiger partial charge in [-0.2, -0.15) is 0 Å². The molecule has 0 aliphatic rings. The molecule has 0 unspecified atom stereocenters. The van der Waals surface area contributed by atoms with Gasteiger partial charge in [-0.05, 0) is 96.0 Å². The van der Waals surface area contributed by atoms with Gasteiger partial charge >= 0.3 is 0 Å². The average molecular weight is 887 g/mol. The average Bonchev–Trinajstić information content (AvgIpc) is 3.87. The van der Waals surface area contributed by atoms with Crippen molar-refractivity contribution in [2.45, 2.75) is 46.0 Å². The van der Waals surface area contributed by atoms with E-state index in [0.29, 0.717) is 68.7 Å². The van der Waals surface area contributed by atoms with E-state index in [0.717, 1.165) is 21.9 Å². The number of imidazole rings is 2. The summed E-state index contributed by atoms with van der Waals surface area (Å²) >= 11 is 2.65. The Labute approximate surface area is 360 Å². The van der Waals surface area contributed by atoms with Gasteiger partial charge in [-0.3, -0.25) is 5.41 Å². The molecule has 8 aromatic rings. The SMILES string of the molecule is COc1ccc(OC)c(Sc2nc3c(N)ncnc3n2CCc2cccc(F)c2F)c1.COc1ccc(OC)c(Sc2nc3c([nH]2)c(=N)ncn3CCc2cccc(F)c2F)c1. The van der Waals surface area contributed by atoms with Crippen molar-refractivity contribution in [3.05, 3.63) is 125 Å². The lowest BCUT2D eigenvalue weighted by Gasteiger charge is -2.12. The molecule has 0 aliphatic carbocycles. The van der Waals surface area contributed by atoms with Crippen LogP contribution in [0.2, 0.25) is 0 Å². The highest BCUT2D eigenvalue weighted by molar-refractivity contribution is 7.99. The minimum absolute atomic E-state index is 0.0418. The predicted octanol–water partition coefficient (Wildman–Crippen LogP) is 8.03. The Morgan fingerprint density at radius 1 is 0.694 bits per heavy atom. The van der Waals surface area contributed by atoms with Gasteiger partial charge in [0.1, 0.15) is 34.8 Å². The highest BCUT2D eigenvalue weighted by Crippen LogP contribution is 2.39. The third-order valence-corrected chi connectivity index (χ3v) is 11.4. The van der Waals surface area contributed by atoms with Crippen LogP contribution in [0.15, 0.2) is 106 Å². The van der Waals surface area contributed by atoms with E-state index in [1.54, 1.807) is 74.0 Å². The second-order valence-corrected chi connectivity index (χ2v) is 15.2. The Balaban J connectivity index is 0.000000186. The molecule has 4 N–H and O–H groups in total. The fraction of sp³-hybridized carbons (Fsp3) is 0.190. The summed E-state index contributed by atoms with van der Waals surface area (Å²) < 4.78 is 80.2. The molecule has 14 nitrogen and oxygen atoms in total. The molecule has 0 spiro atoms. The molecule has 320 valence electrons. The van der Waals surface area contributed by atoms with Crippen molar-refractivity contribution in [2.75, 3.05) is 34.2 Å². The maximum absolute atomic E-state index is 14.2. The number of hydrogen-bond acceptors (Lipinski definition) is 13. The molecule has 8 rings (SSSR count). The van der Waals surface area contributed by atoms with Crippen LogP contribution in [0.1, 0.15) is 11.1 Å². The molecule has 0 saturated heterocycles. The van der Waals surface area contributed by atoms with Gasteiger partial charge in [0.05, 0.1) is 44.6 Å². The first kappa shape index (κ1) is 43.3. The number of aromatic amines is 1. The Morgan fingerprint density at radius 3 is 1.89 bits per heavy atom. The molecule has 20 heteroatoms. The highest BCUT2D eigenvalue weighted by atomic mass is 32.2. The van der Waals surface area contributed by atoms with E-state index in [1.165, 1.54) is 48.3 Å². The van der Waals surface area contributed by atoms with Crippen molar-refractivity contribution in [1.29, 1.82) is 5.41 Å². The molecular weight excluding hydrogens is 849 g/mol. The van der Waals surface area contributed by atoms with Crippen molar-refractivity contribution in [2.24, 2.45) is 0 Å². The number of nitrogens with one attached hydrogen (secondary N) is 2. The number of fused-ring (bicyclic) bond motifs is 2. The van der Waals surface area contributed by atoms with Crippen LogP contribution in [0.4, 0.5) is 23.4 Å². The minimum atomic E-state index is -0.879. The molecule has 0 radical (unpaired) electrons. The van der Waals surface area contributed by atoms with Crippen molar-refractivity contribution in [3.63, 3.8) is 0 Å². The molecule has 0 bridgehead atoms. The highest BCUT2D eigenvalue weighted by Gasteiger charge is 2.20. The van der Waals surface area contributed by atoms with Gasteiger partial charge in [0.15, 0.2) is 61.7 Å². The Morgan fingerprint density at radius 2 is 1.29 bits per heavy atom. The van der Waals surface area contributed by atoms with E-state index in [-0.39, 0.29) is 35.3 Å². The predicted molar refractivity (Wildman–Crippen MR) is 225 cm³/mol. The molecule has 0 amide bonds. The standard InChI is InChI=1S/2C21H19F2N5O2S/c1-29-13-6-7-15(30-2)16(10-13)31-21-26-18-19(24)25-11-28(20(18)27-21)9-8-12-4-3-5-14(22)17(12)23;1-29-13-6-7-15(30-2)16(10-13)31-21-27-18-19(24)25-11-26-20(18)28(21)9-8-12-4-3-5-14(22)17(12)23/h3-7,10-11,24H,8-9H2,1-2H3,(H,26,27);3-7,10-11H,8-9H2,1-2H3,(H2,24,25,26). The summed E-state index contributed by atoms with van der Waals surface area (Å²) in [5.41, 5.74) is 8.46. The van der Waals surface area contributed by atoms with E-state index >= 15 is 0 Å². The van der Waals surface area contributed by atoms with Crippen molar-refractivity contribution < 1.29 is 36.5 Å².